The second-order valence-electron chi connectivity index (χ2n) is 2.14. The molecule has 10 heavy (non-hydrogen) atoms. The van der Waals surface area contributed by atoms with Gasteiger partial charge in [-0.2, -0.15) is 0 Å². The van der Waals surface area contributed by atoms with Gasteiger partial charge < -0.3 is 5.32 Å². The first-order chi connectivity index (χ1) is 4.74. The summed E-state index contributed by atoms with van der Waals surface area (Å²) in [6, 6.07) is 4.78. The minimum absolute atomic E-state index is 0.181. The van der Waals surface area contributed by atoms with Crippen LogP contribution in [0.5, 0.6) is 0 Å². The highest BCUT2D eigenvalue weighted by molar-refractivity contribution is 5.45. The molecule has 0 saturated carbocycles. The Hall–Kier alpha value is -1.05. The lowest BCUT2D eigenvalue weighted by molar-refractivity contribution is 0.619. The van der Waals surface area contributed by atoms with Gasteiger partial charge in [0.15, 0.2) is 0 Å². The van der Waals surface area contributed by atoms with E-state index >= 15 is 0 Å². The van der Waals surface area contributed by atoms with Crippen LogP contribution in [0.15, 0.2) is 18.2 Å². The zero-order chi connectivity index (χ0) is 7.56. The highest BCUT2D eigenvalue weighted by atomic mass is 19.1. The van der Waals surface area contributed by atoms with Gasteiger partial charge in [0, 0.05) is 12.7 Å². The van der Waals surface area contributed by atoms with Crippen LogP contribution in [0.3, 0.4) is 0 Å². The summed E-state index contributed by atoms with van der Waals surface area (Å²) >= 11 is 0. The first-order valence-electron chi connectivity index (χ1n) is 3.03. The van der Waals surface area contributed by atoms with Gasteiger partial charge in [-0.3, -0.25) is 0 Å². The number of rotatable bonds is 1. The predicted octanol–water partition coefficient (Wildman–Crippen LogP) is 2.34. The maximum Gasteiger partial charge on any atom is 0.126 e. The molecule has 2 heteroatoms. The average molecular weight is 138 g/mol. The number of benzene rings is 1. The molecule has 1 nitrogen and oxygen atoms in total. The van der Waals surface area contributed by atoms with E-state index in [1.165, 1.54) is 6.07 Å². The Labute approximate surface area is 59.9 Å². The van der Waals surface area contributed by atoms with Gasteiger partial charge in [-0.1, -0.05) is 0 Å². The van der Waals surface area contributed by atoms with Gasteiger partial charge in [0.2, 0.25) is 0 Å². The monoisotopic (exact) mass is 138 g/mol. The standard InChI is InChI=1S/C8H9FN/c1-6-5-7(10-2)3-4-8(6)9/h3-5,10H,2H2,1H3. The summed E-state index contributed by atoms with van der Waals surface area (Å²) < 4.78 is 12.6. The third kappa shape index (κ3) is 1.26. The molecule has 0 saturated heterocycles. The summed E-state index contributed by atoms with van der Waals surface area (Å²) in [4.78, 5) is 0. The molecule has 53 valence electrons. The summed E-state index contributed by atoms with van der Waals surface area (Å²) in [5.41, 5.74) is 1.47. The summed E-state index contributed by atoms with van der Waals surface area (Å²) in [7, 11) is 3.45. The maximum atomic E-state index is 12.6. The molecule has 0 amide bonds. The number of nitrogens with one attached hydrogen (secondary N) is 1. The van der Waals surface area contributed by atoms with Crippen LogP contribution in [0.1, 0.15) is 5.56 Å². The molecule has 1 radical (unpaired) electrons. The highest BCUT2D eigenvalue weighted by Gasteiger charge is 1.95. The molecule has 1 aromatic rings. The molecule has 0 atom stereocenters. The molecule has 1 rings (SSSR count). The van der Waals surface area contributed by atoms with Crippen molar-refractivity contribution >= 4 is 5.69 Å². The topological polar surface area (TPSA) is 12.0 Å². The molecule has 0 bridgehead atoms. The van der Waals surface area contributed by atoms with Gasteiger partial charge >= 0.3 is 0 Å². The fourth-order valence-electron chi connectivity index (χ4n) is 0.755. The molecule has 1 aromatic carbocycles. The van der Waals surface area contributed by atoms with Crippen molar-refractivity contribution < 1.29 is 4.39 Å². The van der Waals surface area contributed by atoms with Crippen molar-refractivity contribution in [3.8, 4) is 0 Å². The van der Waals surface area contributed by atoms with Gasteiger partial charge in [-0.05, 0) is 30.7 Å². The Bertz CT molecular complexity index is 233. The normalized spacial score (nSPS) is 9.50. The first kappa shape index (κ1) is 7.06. The number of hydrogen-bond acceptors (Lipinski definition) is 1. The predicted molar refractivity (Wildman–Crippen MR) is 40.1 cm³/mol. The molecule has 0 aliphatic rings. The molecule has 0 heterocycles. The molecule has 0 aliphatic heterocycles. The summed E-state index contributed by atoms with van der Waals surface area (Å²) in [6.07, 6.45) is 0. The fraction of sp³-hybridized carbons (Fsp3) is 0.125. The Kier molecular flexibility index (Phi) is 1.90. The van der Waals surface area contributed by atoms with Crippen molar-refractivity contribution in [3.05, 3.63) is 36.6 Å². The van der Waals surface area contributed by atoms with Crippen LogP contribution < -0.4 is 5.32 Å². The van der Waals surface area contributed by atoms with Gasteiger partial charge in [0.25, 0.3) is 0 Å². The molecule has 0 unspecified atom stereocenters. The largest absolute Gasteiger partial charge is 0.383 e. The SMILES string of the molecule is [CH2]Nc1ccc(F)c(C)c1. The van der Waals surface area contributed by atoms with E-state index in [4.69, 9.17) is 0 Å². The highest BCUT2D eigenvalue weighted by Crippen LogP contribution is 2.12. The van der Waals surface area contributed by atoms with Crippen LogP contribution in [-0.4, -0.2) is 0 Å². The Balaban J connectivity index is 3.04. The van der Waals surface area contributed by atoms with Gasteiger partial charge in [0.1, 0.15) is 5.82 Å². The van der Waals surface area contributed by atoms with E-state index < -0.39 is 0 Å². The van der Waals surface area contributed by atoms with Crippen LogP contribution in [0, 0.1) is 19.8 Å². The van der Waals surface area contributed by atoms with Crippen LogP contribution in [0.2, 0.25) is 0 Å². The Morgan fingerprint density at radius 1 is 1.50 bits per heavy atom. The zero-order valence-corrected chi connectivity index (χ0v) is 5.82. The van der Waals surface area contributed by atoms with E-state index in [-0.39, 0.29) is 5.82 Å². The average Bonchev–Trinajstić information content (AvgIpc) is 1.95. The Morgan fingerprint density at radius 2 is 2.20 bits per heavy atom. The summed E-state index contributed by atoms with van der Waals surface area (Å²) in [5.74, 6) is -0.181. The summed E-state index contributed by atoms with van der Waals surface area (Å²) in [5, 5.41) is 2.68. The van der Waals surface area contributed by atoms with Crippen LogP contribution in [0.4, 0.5) is 10.1 Å². The summed E-state index contributed by atoms with van der Waals surface area (Å²) in [6.45, 7) is 1.72. The molecule has 1 N–H and O–H groups in total. The molecule has 0 aromatic heterocycles. The van der Waals surface area contributed by atoms with Crippen molar-refractivity contribution in [2.24, 2.45) is 0 Å². The van der Waals surface area contributed by atoms with E-state index in [0.717, 1.165) is 5.69 Å². The van der Waals surface area contributed by atoms with E-state index in [0.29, 0.717) is 5.56 Å². The smallest absolute Gasteiger partial charge is 0.126 e. The number of hydrogen-bond donors (Lipinski definition) is 1. The quantitative estimate of drug-likeness (QED) is 0.628. The second kappa shape index (κ2) is 2.69. The van der Waals surface area contributed by atoms with Crippen molar-refractivity contribution in [2.45, 2.75) is 6.92 Å². The Morgan fingerprint density at radius 3 is 2.70 bits per heavy atom. The van der Waals surface area contributed by atoms with Crippen molar-refractivity contribution in [2.75, 3.05) is 5.32 Å². The maximum absolute atomic E-state index is 12.6. The minimum Gasteiger partial charge on any atom is -0.383 e. The van der Waals surface area contributed by atoms with Gasteiger partial charge in [0.05, 0.1) is 0 Å². The zero-order valence-electron chi connectivity index (χ0n) is 5.82. The third-order valence-electron chi connectivity index (χ3n) is 1.36. The lowest BCUT2D eigenvalue weighted by Crippen LogP contribution is -1.87. The van der Waals surface area contributed by atoms with E-state index in [2.05, 4.69) is 12.4 Å². The minimum atomic E-state index is -0.181. The number of anilines is 1. The molecular weight excluding hydrogens is 129 g/mol. The first-order valence-corrected chi connectivity index (χ1v) is 3.03. The lowest BCUT2D eigenvalue weighted by Gasteiger charge is -2.00. The number of halogens is 1. The van der Waals surface area contributed by atoms with Gasteiger partial charge in [-0.25, -0.2) is 4.39 Å². The molecule has 0 spiro atoms. The fourth-order valence-corrected chi connectivity index (χ4v) is 0.755. The van der Waals surface area contributed by atoms with Crippen molar-refractivity contribution in [1.29, 1.82) is 0 Å². The number of aryl methyl sites for hydroxylation is 1. The van der Waals surface area contributed by atoms with E-state index in [1.807, 2.05) is 0 Å². The molecular formula is C8H9FN. The molecule has 0 fully saturated rings. The second-order valence-corrected chi connectivity index (χ2v) is 2.14. The van der Waals surface area contributed by atoms with E-state index in [9.17, 15) is 4.39 Å². The van der Waals surface area contributed by atoms with Crippen LogP contribution >= 0.6 is 0 Å². The van der Waals surface area contributed by atoms with Crippen molar-refractivity contribution in [3.63, 3.8) is 0 Å². The lowest BCUT2D eigenvalue weighted by atomic mass is 10.2. The van der Waals surface area contributed by atoms with E-state index in [1.54, 1.807) is 19.1 Å². The van der Waals surface area contributed by atoms with Crippen LogP contribution in [-0.2, 0) is 0 Å². The van der Waals surface area contributed by atoms with Gasteiger partial charge in [-0.15, -0.1) is 0 Å². The third-order valence-corrected chi connectivity index (χ3v) is 1.36. The van der Waals surface area contributed by atoms with Crippen LogP contribution in [0.25, 0.3) is 0 Å². The van der Waals surface area contributed by atoms with Crippen molar-refractivity contribution in [1.82, 2.24) is 0 Å². The molecule has 0 aliphatic carbocycles.